The van der Waals surface area contributed by atoms with E-state index in [0.29, 0.717) is 36.2 Å². The lowest BCUT2D eigenvalue weighted by molar-refractivity contribution is -0.274. The van der Waals surface area contributed by atoms with Crippen LogP contribution in [0.3, 0.4) is 0 Å². The van der Waals surface area contributed by atoms with Gasteiger partial charge < -0.3 is 14.2 Å². The molecular formula is C27H29F4N5O2. The maximum absolute atomic E-state index is 15.0. The maximum atomic E-state index is 15.0. The number of nitriles is 1. The van der Waals surface area contributed by atoms with Crippen LogP contribution in [-0.4, -0.2) is 46.0 Å². The fourth-order valence-corrected chi connectivity index (χ4v) is 5.27. The fraction of sp³-hybridized carbons (Fsp3) is 0.444. The van der Waals surface area contributed by atoms with Crippen molar-refractivity contribution in [2.75, 3.05) is 18.0 Å². The summed E-state index contributed by atoms with van der Waals surface area (Å²) in [5.41, 5.74) is 2.16. The molecule has 1 unspecified atom stereocenters. The van der Waals surface area contributed by atoms with E-state index in [9.17, 15) is 27.6 Å². The van der Waals surface area contributed by atoms with Gasteiger partial charge in [0.25, 0.3) is 5.56 Å². The Balaban J connectivity index is 1.69. The largest absolute Gasteiger partial charge is 0.573 e. The van der Waals surface area contributed by atoms with Gasteiger partial charge >= 0.3 is 6.36 Å². The Bertz CT molecular complexity index is 1430. The number of nitrogens with zero attached hydrogens (tertiary/aromatic N) is 5. The Kier molecular flexibility index (Phi) is 7.65. The Morgan fingerprint density at radius 1 is 1.13 bits per heavy atom. The van der Waals surface area contributed by atoms with Crippen LogP contribution in [0.2, 0.25) is 0 Å². The van der Waals surface area contributed by atoms with E-state index in [4.69, 9.17) is 0 Å². The van der Waals surface area contributed by atoms with E-state index in [0.717, 1.165) is 18.6 Å². The van der Waals surface area contributed by atoms with Crippen molar-refractivity contribution in [2.24, 2.45) is 7.05 Å². The van der Waals surface area contributed by atoms with Gasteiger partial charge in [0.15, 0.2) is 0 Å². The van der Waals surface area contributed by atoms with Crippen molar-refractivity contribution in [2.45, 2.75) is 58.1 Å². The monoisotopic (exact) mass is 531 g/mol. The topological polar surface area (TPSA) is 74.4 Å². The number of aromatic nitrogens is 2. The molecule has 0 N–H and O–H groups in total. The van der Waals surface area contributed by atoms with Gasteiger partial charge in [-0.1, -0.05) is 19.9 Å². The minimum atomic E-state index is -4.90. The van der Waals surface area contributed by atoms with Crippen molar-refractivity contribution in [3.63, 3.8) is 0 Å². The van der Waals surface area contributed by atoms with Gasteiger partial charge in [-0.3, -0.25) is 9.69 Å². The summed E-state index contributed by atoms with van der Waals surface area (Å²) in [5, 5.41) is 9.40. The number of rotatable bonds is 6. The first-order valence-electron chi connectivity index (χ1n) is 12.5. The Morgan fingerprint density at radius 3 is 2.45 bits per heavy atom. The van der Waals surface area contributed by atoms with Crippen molar-refractivity contribution in [3.05, 3.63) is 63.8 Å². The van der Waals surface area contributed by atoms with Crippen LogP contribution in [0, 0.1) is 17.1 Å². The lowest BCUT2D eigenvalue weighted by atomic mass is 9.96. The highest BCUT2D eigenvalue weighted by atomic mass is 19.4. The van der Waals surface area contributed by atoms with E-state index in [-0.39, 0.29) is 28.9 Å². The number of piperazine rings is 1. The number of anilines is 1. The second-order valence-electron chi connectivity index (χ2n) is 9.48. The van der Waals surface area contributed by atoms with Crippen LogP contribution in [0.25, 0.3) is 11.0 Å². The summed E-state index contributed by atoms with van der Waals surface area (Å²) in [6, 6.07) is 9.61. The van der Waals surface area contributed by atoms with Crippen molar-refractivity contribution in [1.29, 1.82) is 5.26 Å². The number of hydrogen-bond donors (Lipinski definition) is 0. The molecule has 3 atom stereocenters. The van der Waals surface area contributed by atoms with Crippen LogP contribution in [0.1, 0.15) is 50.9 Å². The normalized spacial score (nSPS) is 19.4. The number of pyridine rings is 2. The summed E-state index contributed by atoms with van der Waals surface area (Å²) in [5.74, 6) is -1.37. The van der Waals surface area contributed by atoms with E-state index in [1.54, 1.807) is 25.2 Å². The highest BCUT2D eigenvalue weighted by Gasteiger charge is 2.37. The minimum Gasteiger partial charge on any atom is -0.406 e. The second-order valence-corrected chi connectivity index (χ2v) is 9.48. The molecule has 7 nitrogen and oxygen atoms in total. The predicted molar refractivity (Wildman–Crippen MR) is 135 cm³/mol. The van der Waals surface area contributed by atoms with Gasteiger partial charge in [-0.15, -0.1) is 13.2 Å². The molecule has 0 aliphatic carbocycles. The second kappa shape index (κ2) is 10.6. The fourth-order valence-electron chi connectivity index (χ4n) is 5.27. The predicted octanol–water partition coefficient (Wildman–Crippen LogP) is 5.28. The molecule has 1 aliphatic rings. The van der Waals surface area contributed by atoms with Crippen molar-refractivity contribution >= 4 is 16.7 Å². The lowest BCUT2D eigenvalue weighted by Gasteiger charge is -2.49. The third-order valence-electron chi connectivity index (χ3n) is 7.33. The number of benzene rings is 1. The number of halogens is 4. The van der Waals surface area contributed by atoms with Crippen LogP contribution in [0.5, 0.6) is 5.75 Å². The third-order valence-corrected chi connectivity index (χ3v) is 7.33. The van der Waals surface area contributed by atoms with Crippen molar-refractivity contribution in [1.82, 2.24) is 14.5 Å². The zero-order valence-corrected chi connectivity index (χ0v) is 21.6. The highest BCUT2D eigenvalue weighted by Crippen LogP contribution is 2.36. The summed E-state index contributed by atoms with van der Waals surface area (Å²) in [6.45, 7) is 6.93. The Hall–Kier alpha value is -3.65. The number of fused-ring (bicyclic) bond motifs is 1. The number of ether oxygens (including phenoxy) is 1. The minimum absolute atomic E-state index is 0.0449. The van der Waals surface area contributed by atoms with E-state index < -0.39 is 24.0 Å². The van der Waals surface area contributed by atoms with Crippen molar-refractivity contribution in [3.8, 4) is 11.8 Å². The lowest BCUT2D eigenvalue weighted by Crippen LogP contribution is -2.59. The molecule has 0 bridgehead atoms. The first kappa shape index (κ1) is 27.4. The molecular weight excluding hydrogens is 502 g/mol. The molecule has 0 amide bonds. The first-order valence-corrected chi connectivity index (χ1v) is 12.5. The van der Waals surface area contributed by atoms with E-state index in [1.165, 1.54) is 10.6 Å². The first-order chi connectivity index (χ1) is 18.0. The van der Waals surface area contributed by atoms with Gasteiger partial charge in [-0.05, 0) is 38.0 Å². The molecule has 0 saturated carbocycles. The van der Waals surface area contributed by atoms with Gasteiger partial charge in [0, 0.05) is 56.0 Å². The van der Waals surface area contributed by atoms with E-state index in [1.807, 2.05) is 20.8 Å². The number of alkyl halides is 3. The summed E-state index contributed by atoms with van der Waals surface area (Å²) < 4.78 is 58.0. The van der Waals surface area contributed by atoms with Crippen LogP contribution in [0.4, 0.5) is 23.2 Å². The quantitative estimate of drug-likeness (QED) is 0.403. The smallest absolute Gasteiger partial charge is 0.406 e. The molecule has 2 aromatic heterocycles. The summed E-state index contributed by atoms with van der Waals surface area (Å²) in [6.07, 6.45) is -3.47. The number of aryl methyl sites for hydroxylation is 1. The van der Waals surface area contributed by atoms with E-state index in [2.05, 4.69) is 25.6 Å². The van der Waals surface area contributed by atoms with Gasteiger partial charge in [0.2, 0.25) is 0 Å². The van der Waals surface area contributed by atoms with E-state index >= 15 is 0 Å². The number of hydrogen-bond acceptors (Lipinski definition) is 6. The average molecular weight is 532 g/mol. The summed E-state index contributed by atoms with van der Waals surface area (Å²) >= 11 is 0. The van der Waals surface area contributed by atoms with Gasteiger partial charge in [-0.25, -0.2) is 9.37 Å². The molecule has 38 heavy (non-hydrogen) atoms. The average Bonchev–Trinajstić information content (AvgIpc) is 2.88. The summed E-state index contributed by atoms with van der Waals surface area (Å²) in [7, 11) is 1.66. The zero-order chi connectivity index (χ0) is 27.8. The molecule has 1 aliphatic heterocycles. The molecule has 3 aromatic rings. The molecule has 0 spiro atoms. The van der Waals surface area contributed by atoms with Crippen LogP contribution in [0.15, 0.2) is 41.2 Å². The van der Waals surface area contributed by atoms with Gasteiger partial charge in [-0.2, -0.15) is 5.26 Å². The molecule has 4 rings (SSSR count). The molecule has 11 heteroatoms. The van der Waals surface area contributed by atoms with Gasteiger partial charge in [0.05, 0.1) is 11.2 Å². The molecule has 1 aromatic carbocycles. The Labute approximate surface area is 217 Å². The SMILES string of the molecule is CC[C@H]1CN(C(C)c2ccc(OC(F)(F)F)cc2F)[C@H](CC)CN1c1cc(=O)n(C)c2ccc(C#N)nc12. The molecule has 202 valence electrons. The standard InChI is InChI=1S/C27H29F4N5O2/c1-5-18-15-36(24-12-25(37)34(4)23-10-7-17(13-32)33-26(23)24)19(6-2)14-35(18)16(3)21-9-8-20(11-22(21)28)38-27(29,30)31/h7-12,16,18-19H,5-6,14-15H2,1-4H3/t16?,18-,19+/m1/s1. The van der Waals surface area contributed by atoms with Crippen LogP contribution >= 0.6 is 0 Å². The molecule has 3 heterocycles. The molecule has 1 saturated heterocycles. The van der Waals surface area contributed by atoms with Crippen LogP contribution in [-0.2, 0) is 7.05 Å². The third kappa shape index (κ3) is 5.31. The highest BCUT2D eigenvalue weighted by molar-refractivity contribution is 5.89. The molecule has 1 fully saturated rings. The van der Waals surface area contributed by atoms with Gasteiger partial charge in [0.1, 0.15) is 28.8 Å². The summed E-state index contributed by atoms with van der Waals surface area (Å²) in [4.78, 5) is 21.6. The molecule has 0 radical (unpaired) electrons. The maximum Gasteiger partial charge on any atom is 0.573 e. The van der Waals surface area contributed by atoms with Crippen LogP contribution < -0.4 is 15.2 Å². The Morgan fingerprint density at radius 2 is 1.84 bits per heavy atom. The van der Waals surface area contributed by atoms with Crippen molar-refractivity contribution < 1.29 is 22.3 Å². The zero-order valence-electron chi connectivity index (χ0n) is 21.6.